The Hall–Kier alpha value is -1.42. The van der Waals surface area contributed by atoms with Crippen LogP contribution in [0.2, 0.25) is 0 Å². The van der Waals surface area contributed by atoms with Gasteiger partial charge in [-0.1, -0.05) is 6.07 Å². The molecule has 72 valence electrons. The lowest BCUT2D eigenvalue weighted by Crippen LogP contribution is -2.05. The molecule has 2 rings (SSSR count). The maximum atomic E-state index is 4.13. The van der Waals surface area contributed by atoms with Crippen LogP contribution in [0.5, 0.6) is 0 Å². The Balaban J connectivity index is 1.79. The van der Waals surface area contributed by atoms with Crippen molar-refractivity contribution in [3.05, 3.63) is 41.0 Å². The predicted octanol–water partition coefficient (Wildman–Crippen LogP) is 2.19. The van der Waals surface area contributed by atoms with Crippen LogP contribution in [0.3, 0.4) is 0 Å². The minimum atomic E-state index is 0.837. The fraction of sp³-hybridized carbons (Fsp3) is 0.200. The zero-order chi connectivity index (χ0) is 9.64. The van der Waals surface area contributed by atoms with Crippen LogP contribution in [0.1, 0.15) is 4.88 Å². The van der Waals surface area contributed by atoms with E-state index in [1.165, 1.54) is 4.88 Å². The van der Waals surface area contributed by atoms with Crippen LogP contribution in [-0.4, -0.2) is 16.5 Å². The van der Waals surface area contributed by atoms with Gasteiger partial charge in [0.25, 0.3) is 0 Å². The molecule has 0 unspecified atom stereocenters. The van der Waals surface area contributed by atoms with Crippen LogP contribution in [0, 0.1) is 0 Å². The Morgan fingerprint density at radius 2 is 2.36 bits per heavy atom. The van der Waals surface area contributed by atoms with E-state index in [2.05, 4.69) is 32.8 Å². The molecule has 0 aliphatic rings. The summed E-state index contributed by atoms with van der Waals surface area (Å²) in [6, 6.07) is 4.21. The van der Waals surface area contributed by atoms with Crippen molar-refractivity contribution in [1.29, 1.82) is 0 Å². The molecule has 0 spiro atoms. The fourth-order valence-electron chi connectivity index (χ4n) is 1.16. The van der Waals surface area contributed by atoms with Crippen molar-refractivity contribution in [3.63, 3.8) is 0 Å². The first kappa shape index (κ1) is 9.15. The SMILES string of the molecule is c1csc(CCNc2cnccn2)c1. The highest BCUT2D eigenvalue weighted by Gasteiger charge is 1.94. The summed E-state index contributed by atoms with van der Waals surface area (Å²) in [5.41, 5.74) is 0. The Morgan fingerprint density at radius 1 is 1.36 bits per heavy atom. The summed E-state index contributed by atoms with van der Waals surface area (Å²) in [5, 5.41) is 5.31. The predicted molar refractivity (Wildman–Crippen MR) is 58.5 cm³/mol. The molecule has 2 aromatic rings. The number of rotatable bonds is 4. The molecular formula is C10H11N3S. The number of aromatic nitrogens is 2. The number of hydrogen-bond donors (Lipinski definition) is 1. The Bertz CT molecular complexity index is 358. The van der Waals surface area contributed by atoms with Crippen molar-refractivity contribution in [2.75, 3.05) is 11.9 Å². The number of nitrogens with one attached hydrogen (secondary N) is 1. The third-order valence-electron chi connectivity index (χ3n) is 1.82. The molecule has 0 saturated carbocycles. The smallest absolute Gasteiger partial charge is 0.144 e. The molecule has 0 radical (unpaired) electrons. The summed E-state index contributed by atoms with van der Waals surface area (Å²) in [6.45, 7) is 0.902. The molecule has 0 aromatic carbocycles. The summed E-state index contributed by atoms with van der Waals surface area (Å²) < 4.78 is 0. The number of thiophene rings is 1. The van der Waals surface area contributed by atoms with Crippen LogP contribution in [0.25, 0.3) is 0 Å². The molecule has 1 N–H and O–H groups in total. The lowest BCUT2D eigenvalue weighted by molar-refractivity contribution is 1.02. The average Bonchev–Trinajstić information content (AvgIpc) is 2.72. The molecule has 14 heavy (non-hydrogen) atoms. The number of hydrogen-bond acceptors (Lipinski definition) is 4. The molecular weight excluding hydrogens is 194 g/mol. The van der Waals surface area contributed by atoms with Gasteiger partial charge in [0.15, 0.2) is 0 Å². The van der Waals surface area contributed by atoms with E-state index in [-0.39, 0.29) is 0 Å². The van der Waals surface area contributed by atoms with E-state index in [1.807, 2.05) is 0 Å². The van der Waals surface area contributed by atoms with Gasteiger partial charge in [-0.05, 0) is 17.9 Å². The van der Waals surface area contributed by atoms with E-state index in [4.69, 9.17) is 0 Å². The van der Waals surface area contributed by atoms with Crippen LogP contribution >= 0.6 is 11.3 Å². The van der Waals surface area contributed by atoms with Gasteiger partial charge in [-0.2, -0.15) is 0 Å². The van der Waals surface area contributed by atoms with Gasteiger partial charge in [0.05, 0.1) is 6.20 Å². The first-order valence-electron chi connectivity index (χ1n) is 4.47. The van der Waals surface area contributed by atoms with Crippen molar-refractivity contribution in [2.45, 2.75) is 6.42 Å². The van der Waals surface area contributed by atoms with Gasteiger partial charge in [0, 0.05) is 23.8 Å². The van der Waals surface area contributed by atoms with Crippen LogP contribution in [0.15, 0.2) is 36.1 Å². The van der Waals surface area contributed by atoms with Crippen LogP contribution in [-0.2, 0) is 6.42 Å². The largest absolute Gasteiger partial charge is 0.368 e. The van der Waals surface area contributed by atoms with Gasteiger partial charge < -0.3 is 5.32 Å². The van der Waals surface area contributed by atoms with Crippen molar-refractivity contribution >= 4 is 17.2 Å². The highest BCUT2D eigenvalue weighted by Crippen LogP contribution is 2.09. The lowest BCUT2D eigenvalue weighted by atomic mass is 10.3. The van der Waals surface area contributed by atoms with Gasteiger partial charge in [0.1, 0.15) is 5.82 Å². The van der Waals surface area contributed by atoms with E-state index >= 15 is 0 Å². The molecule has 0 aliphatic carbocycles. The molecule has 3 nitrogen and oxygen atoms in total. The first-order valence-corrected chi connectivity index (χ1v) is 5.35. The van der Waals surface area contributed by atoms with Gasteiger partial charge in [-0.15, -0.1) is 11.3 Å². The Kier molecular flexibility index (Phi) is 3.08. The van der Waals surface area contributed by atoms with Crippen molar-refractivity contribution in [2.24, 2.45) is 0 Å². The minimum absolute atomic E-state index is 0.837. The van der Waals surface area contributed by atoms with Crippen molar-refractivity contribution in [3.8, 4) is 0 Å². The Labute approximate surface area is 86.8 Å². The topological polar surface area (TPSA) is 37.8 Å². The first-order chi connectivity index (χ1) is 6.95. The molecule has 2 heterocycles. The summed E-state index contributed by atoms with van der Waals surface area (Å²) in [5.74, 6) is 0.837. The van der Waals surface area contributed by atoms with Crippen molar-refractivity contribution < 1.29 is 0 Å². The van der Waals surface area contributed by atoms with E-state index in [0.29, 0.717) is 0 Å². The third-order valence-corrected chi connectivity index (χ3v) is 2.76. The van der Waals surface area contributed by atoms with Crippen molar-refractivity contribution in [1.82, 2.24) is 9.97 Å². The average molecular weight is 205 g/mol. The summed E-state index contributed by atoms with van der Waals surface area (Å²) in [6.07, 6.45) is 6.13. The molecule has 0 fully saturated rings. The standard InChI is InChI=1S/C10H11N3S/c1-2-9(14-7-1)3-4-12-10-8-11-5-6-13-10/h1-2,5-8H,3-4H2,(H,12,13). The summed E-state index contributed by atoms with van der Waals surface area (Å²) >= 11 is 1.78. The second-order valence-corrected chi connectivity index (χ2v) is 3.88. The highest BCUT2D eigenvalue weighted by molar-refractivity contribution is 7.09. The third kappa shape index (κ3) is 2.53. The zero-order valence-electron chi connectivity index (χ0n) is 7.68. The van der Waals surface area contributed by atoms with E-state index in [1.54, 1.807) is 29.9 Å². The second-order valence-electron chi connectivity index (χ2n) is 2.85. The molecule has 0 amide bonds. The van der Waals surface area contributed by atoms with Gasteiger partial charge >= 0.3 is 0 Å². The summed E-state index contributed by atoms with van der Waals surface area (Å²) in [7, 11) is 0. The molecule has 0 saturated heterocycles. The Morgan fingerprint density at radius 3 is 3.07 bits per heavy atom. The van der Waals surface area contributed by atoms with Gasteiger partial charge in [-0.25, -0.2) is 4.98 Å². The highest BCUT2D eigenvalue weighted by atomic mass is 32.1. The normalized spacial score (nSPS) is 10.0. The summed E-state index contributed by atoms with van der Waals surface area (Å²) in [4.78, 5) is 9.50. The van der Waals surface area contributed by atoms with E-state index in [9.17, 15) is 0 Å². The van der Waals surface area contributed by atoms with Crippen LogP contribution < -0.4 is 5.32 Å². The number of nitrogens with zero attached hydrogens (tertiary/aromatic N) is 2. The van der Waals surface area contributed by atoms with E-state index in [0.717, 1.165) is 18.8 Å². The van der Waals surface area contributed by atoms with Crippen LogP contribution in [0.4, 0.5) is 5.82 Å². The minimum Gasteiger partial charge on any atom is -0.368 e. The van der Waals surface area contributed by atoms with Gasteiger partial charge in [0.2, 0.25) is 0 Å². The molecule has 0 atom stereocenters. The quantitative estimate of drug-likeness (QED) is 0.831. The number of anilines is 1. The fourth-order valence-corrected chi connectivity index (χ4v) is 1.87. The molecule has 2 aromatic heterocycles. The monoisotopic (exact) mass is 205 g/mol. The maximum absolute atomic E-state index is 4.13. The molecule has 0 aliphatic heterocycles. The molecule has 0 bridgehead atoms. The lowest BCUT2D eigenvalue weighted by Gasteiger charge is -2.02. The maximum Gasteiger partial charge on any atom is 0.144 e. The molecule has 4 heteroatoms. The van der Waals surface area contributed by atoms with Gasteiger partial charge in [-0.3, -0.25) is 4.98 Å². The zero-order valence-corrected chi connectivity index (χ0v) is 8.50. The second kappa shape index (κ2) is 4.72. The van der Waals surface area contributed by atoms with E-state index < -0.39 is 0 Å².